The molecule has 1 N–H and O–H groups in total. The van der Waals surface area contributed by atoms with E-state index in [9.17, 15) is 0 Å². The van der Waals surface area contributed by atoms with Crippen LogP contribution < -0.4 is 14.8 Å². The summed E-state index contributed by atoms with van der Waals surface area (Å²) in [6.07, 6.45) is 2.68. The van der Waals surface area contributed by atoms with Gasteiger partial charge in [-0.25, -0.2) is 0 Å². The quantitative estimate of drug-likeness (QED) is 0.891. The van der Waals surface area contributed by atoms with Crippen LogP contribution in [0.25, 0.3) is 0 Å². The highest BCUT2D eigenvalue weighted by atomic mass is 16.5. The monoisotopic (exact) mass is 247 g/mol. The first-order chi connectivity index (χ1) is 8.74. The molecule has 0 radical (unpaired) electrons. The lowest BCUT2D eigenvalue weighted by molar-refractivity contribution is 0.368. The Morgan fingerprint density at radius 1 is 1.17 bits per heavy atom. The van der Waals surface area contributed by atoms with E-state index in [1.54, 1.807) is 14.2 Å². The van der Waals surface area contributed by atoms with Crippen LogP contribution in [-0.4, -0.2) is 20.8 Å². The number of methoxy groups -OCH3 is 2. The minimum absolute atomic E-state index is 0.486. The van der Waals surface area contributed by atoms with Crippen molar-refractivity contribution in [3.05, 3.63) is 23.3 Å². The molecule has 0 bridgehead atoms. The number of rotatable bonds is 3. The highest BCUT2D eigenvalue weighted by molar-refractivity contribution is 5.51. The van der Waals surface area contributed by atoms with Crippen molar-refractivity contribution in [2.45, 2.75) is 31.7 Å². The lowest BCUT2D eigenvalue weighted by atomic mass is 9.85. The van der Waals surface area contributed by atoms with E-state index in [4.69, 9.17) is 9.47 Å². The fourth-order valence-electron chi connectivity index (χ4n) is 3.06. The lowest BCUT2D eigenvalue weighted by Crippen LogP contribution is -2.33. The molecule has 18 heavy (non-hydrogen) atoms. The first-order valence-electron chi connectivity index (χ1n) is 6.73. The maximum absolute atomic E-state index is 5.57. The Balaban J connectivity index is 2.11. The predicted octanol–water partition coefficient (Wildman–Crippen LogP) is 2.86. The van der Waals surface area contributed by atoms with Crippen LogP contribution in [0, 0.1) is 5.92 Å². The van der Waals surface area contributed by atoms with Crippen molar-refractivity contribution in [2.75, 3.05) is 20.8 Å². The van der Waals surface area contributed by atoms with Crippen LogP contribution in [0.5, 0.6) is 11.5 Å². The van der Waals surface area contributed by atoms with Crippen LogP contribution in [0.15, 0.2) is 12.1 Å². The number of nitrogens with one attached hydrogen (secondary N) is 1. The van der Waals surface area contributed by atoms with Crippen molar-refractivity contribution < 1.29 is 9.47 Å². The lowest BCUT2D eigenvalue weighted by Gasteiger charge is -2.32. The molecule has 98 valence electrons. The number of ether oxygens (including phenoxy) is 2. The van der Waals surface area contributed by atoms with Crippen molar-refractivity contribution in [1.82, 2.24) is 5.32 Å². The largest absolute Gasteiger partial charge is 0.497 e. The Morgan fingerprint density at radius 2 is 1.94 bits per heavy atom. The Morgan fingerprint density at radius 3 is 2.56 bits per heavy atom. The zero-order chi connectivity index (χ0) is 12.7. The predicted molar refractivity (Wildman–Crippen MR) is 71.4 cm³/mol. The number of fused-ring (bicyclic) bond motifs is 1. The van der Waals surface area contributed by atoms with E-state index in [-0.39, 0.29) is 0 Å². The second-order valence-corrected chi connectivity index (χ2v) is 5.46. The van der Waals surface area contributed by atoms with Gasteiger partial charge in [-0.2, -0.15) is 0 Å². The van der Waals surface area contributed by atoms with Gasteiger partial charge in [-0.05, 0) is 36.3 Å². The van der Waals surface area contributed by atoms with Crippen molar-refractivity contribution >= 4 is 0 Å². The van der Waals surface area contributed by atoms with Crippen LogP contribution in [0.4, 0.5) is 0 Å². The molecule has 0 spiro atoms. The minimum Gasteiger partial charge on any atom is -0.497 e. The van der Waals surface area contributed by atoms with Gasteiger partial charge >= 0.3 is 0 Å². The first kappa shape index (κ1) is 11.8. The molecule has 2 aliphatic rings. The Kier molecular flexibility index (Phi) is 2.94. The van der Waals surface area contributed by atoms with Crippen LogP contribution in [0.1, 0.15) is 42.9 Å². The topological polar surface area (TPSA) is 30.5 Å². The van der Waals surface area contributed by atoms with E-state index in [0.29, 0.717) is 12.0 Å². The first-order valence-corrected chi connectivity index (χ1v) is 6.73. The summed E-state index contributed by atoms with van der Waals surface area (Å²) < 4.78 is 11.0. The Bertz CT molecular complexity index is 454. The Labute approximate surface area is 108 Å². The van der Waals surface area contributed by atoms with Crippen molar-refractivity contribution in [3.63, 3.8) is 0 Å². The van der Waals surface area contributed by atoms with E-state index in [2.05, 4.69) is 18.3 Å². The maximum Gasteiger partial charge on any atom is 0.126 e. The van der Waals surface area contributed by atoms with Gasteiger partial charge < -0.3 is 14.8 Å². The zero-order valence-electron chi connectivity index (χ0n) is 11.3. The van der Waals surface area contributed by atoms with Crippen LogP contribution in [0.3, 0.4) is 0 Å². The minimum atomic E-state index is 0.486. The molecule has 0 saturated heterocycles. The molecule has 0 aromatic heterocycles. The van der Waals surface area contributed by atoms with Gasteiger partial charge in [0, 0.05) is 24.2 Å². The third-order valence-electron chi connectivity index (χ3n) is 4.17. The molecule has 1 heterocycles. The second kappa shape index (κ2) is 4.47. The summed E-state index contributed by atoms with van der Waals surface area (Å²) in [5, 5.41) is 3.68. The van der Waals surface area contributed by atoms with Gasteiger partial charge in [0.25, 0.3) is 0 Å². The summed E-state index contributed by atoms with van der Waals surface area (Å²) in [4.78, 5) is 0. The molecule has 2 atom stereocenters. The van der Waals surface area contributed by atoms with Gasteiger partial charge in [0.15, 0.2) is 0 Å². The van der Waals surface area contributed by atoms with Gasteiger partial charge in [0.05, 0.1) is 14.2 Å². The smallest absolute Gasteiger partial charge is 0.126 e. The van der Waals surface area contributed by atoms with Crippen molar-refractivity contribution in [3.8, 4) is 11.5 Å². The fraction of sp³-hybridized carbons (Fsp3) is 0.600. The highest BCUT2D eigenvalue weighted by Crippen LogP contribution is 2.48. The zero-order valence-corrected chi connectivity index (χ0v) is 11.3. The average molecular weight is 247 g/mol. The molecule has 1 fully saturated rings. The number of benzene rings is 1. The molecule has 0 amide bonds. The molecule has 1 saturated carbocycles. The van der Waals surface area contributed by atoms with Crippen LogP contribution in [-0.2, 0) is 0 Å². The average Bonchev–Trinajstić information content (AvgIpc) is 3.22. The molecular formula is C15H21NO2. The standard InChI is InChI=1S/C15H21NO2/c1-9-8-16-15(10-4-5-10)12-6-11(17-2)7-13(18-3)14(9)12/h6-7,9-10,15-16H,4-5,8H2,1-3H3. The van der Waals surface area contributed by atoms with E-state index in [1.807, 2.05) is 6.07 Å². The molecule has 1 aliphatic heterocycles. The SMILES string of the molecule is COc1cc(OC)c2c(c1)C(C1CC1)NCC2C. The van der Waals surface area contributed by atoms with Gasteiger partial charge in [-0.1, -0.05) is 6.92 Å². The molecule has 1 aliphatic carbocycles. The second-order valence-electron chi connectivity index (χ2n) is 5.46. The van der Waals surface area contributed by atoms with E-state index in [1.165, 1.54) is 24.0 Å². The van der Waals surface area contributed by atoms with E-state index >= 15 is 0 Å². The summed E-state index contributed by atoms with van der Waals surface area (Å²) in [6.45, 7) is 3.29. The third-order valence-corrected chi connectivity index (χ3v) is 4.17. The van der Waals surface area contributed by atoms with Crippen molar-refractivity contribution in [2.24, 2.45) is 5.92 Å². The van der Waals surface area contributed by atoms with Crippen LogP contribution in [0.2, 0.25) is 0 Å². The number of hydrogen-bond donors (Lipinski definition) is 1. The summed E-state index contributed by atoms with van der Waals surface area (Å²) in [7, 11) is 3.46. The molecule has 3 rings (SSSR count). The molecule has 3 nitrogen and oxygen atoms in total. The molecule has 3 heteroatoms. The highest BCUT2D eigenvalue weighted by Gasteiger charge is 2.37. The maximum atomic E-state index is 5.57. The third kappa shape index (κ3) is 1.87. The number of hydrogen-bond acceptors (Lipinski definition) is 3. The van der Waals surface area contributed by atoms with Gasteiger partial charge in [0.1, 0.15) is 11.5 Å². The van der Waals surface area contributed by atoms with Gasteiger partial charge in [0.2, 0.25) is 0 Å². The van der Waals surface area contributed by atoms with Gasteiger partial charge in [-0.3, -0.25) is 0 Å². The van der Waals surface area contributed by atoms with Crippen molar-refractivity contribution in [1.29, 1.82) is 0 Å². The van der Waals surface area contributed by atoms with E-state index in [0.717, 1.165) is 24.0 Å². The normalized spacial score (nSPS) is 26.6. The summed E-state index contributed by atoms with van der Waals surface area (Å²) in [6, 6.07) is 4.67. The van der Waals surface area contributed by atoms with E-state index < -0.39 is 0 Å². The van der Waals surface area contributed by atoms with Gasteiger partial charge in [-0.15, -0.1) is 0 Å². The Hall–Kier alpha value is -1.22. The van der Waals surface area contributed by atoms with Crippen LogP contribution >= 0.6 is 0 Å². The fourth-order valence-corrected chi connectivity index (χ4v) is 3.06. The molecular weight excluding hydrogens is 226 g/mol. The molecule has 1 aromatic rings. The molecule has 2 unspecified atom stereocenters. The summed E-state index contributed by atoms with van der Waals surface area (Å²) in [5.41, 5.74) is 2.75. The summed E-state index contributed by atoms with van der Waals surface area (Å²) >= 11 is 0. The molecule has 1 aromatic carbocycles. The summed E-state index contributed by atoms with van der Waals surface area (Å²) in [5.74, 6) is 3.17.